The van der Waals surface area contributed by atoms with Crippen molar-refractivity contribution in [3.8, 4) is 0 Å². The van der Waals surface area contributed by atoms with Gasteiger partial charge in [0, 0.05) is 18.1 Å². The Bertz CT molecular complexity index is 518. The number of nitrogens with zero attached hydrogens (tertiary/aromatic N) is 4. The molecule has 0 radical (unpaired) electrons. The quantitative estimate of drug-likeness (QED) is 0.424. The van der Waals surface area contributed by atoms with Crippen LogP contribution in [0.5, 0.6) is 0 Å². The number of amides is 2. The van der Waals surface area contributed by atoms with E-state index in [1.54, 1.807) is 0 Å². The fourth-order valence-electron chi connectivity index (χ4n) is 1.21. The number of thiazole rings is 1. The van der Waals surface area contributed by atoms with E-state index in [-0.39, 0.29) is 12.4 Å². The Morgan fingerprint density at radius 1 is 1.58 bits per heavy atom. The van der Waals surface area contributed by atoms with Gasteiger partial charge in [0.2, 0.25) is 12.8 Å². The first kappa shape index (κ1) is 15.1. The van der Waals surface area contributed by atoms with Crippen LogP contribution in [0.25, 0.3) is 0 Å². The van der Waals surface area contributed by atoms with E-state index in [9.17, 15) is 19.7 Å². The Balaban J connectivity index is 2.99. The molecule has 10 heteroatoms. The van der Waals surface area contributed by atoms with Crippen molar-refractivity contribution < 1.29 is 14.5 Å². The second-order valence-electron chi connectivity index (χ2n) is 3.30. The first-order valence-electron chi connectivity index (χ1n) is 4.83. The van der Waals surface area contributed by atoms with Gasteiger partial charge in [0.05, 0.1) is 11.5 Å². The standard InChI is InChI=1S/C9H9ClN4O4S/c1-12(5-15)8(4-14(17)18)13(6-16)3-7-2-11-9(10)19-7/h2,4-6H,3H2,1H3. The van der Waals surface area contributed by atoms with E-state index in [4.69, 9.17) is 11.6 Å². The first-order valence-corrected chi connectivity index (χ1v) is 6.03. The fourth-order valence-corrected chi connectivity index (χ4v) is 2.19. The maximum Gasteiger partial charge on any atom is 0.275 e. The van der Waals surface area contributed by atoms with Crippen LogP contribution in [-0.2, 0) is 16.1 Å². The maximum absolute atomic E-state index is 11.0. The zero-order chi connectivity index (χ0) is 14.4. The van der Waals surface area contributed by atoms with Crippen LogP contribution in [0.4, 0.5) is 0 Å². The minimum Gasteiger partial charge on any atom is -0.299 e. The lowest BCUT2D eigenvalue weighted by Gasteiger charge is -2.22. The summed E-state index contributed by atoms with van der Waals surface area (Å²) in [5.41, 5.74) is 0. The summed E-state index contributed by atoms with van der Waals surface area (Å²) in [5.74, 6) is -0.153. The van der Waals surface area contributed by atoms with Gasteiger partial charge in [-0.15, -0.1) is 11.3 Å². The highest BCUT2D eigenvalue weighted by Gasteiger charge is 2.18. The molecule has 0 spiro atoms. The number of hydrogen-bond acceptors (Lipinski definition) is 6. The molecule has 19 heavy (non-hydrogen) atoms. The summed E-state index contributed by atoms with van der Waals surface area (Å²) in [4.78, 5) is 37.9. The van der Waals surface area contributed by atoms with Gasteiger partial charge in [-0.05, 0) is 0 Å². The molecule has 0 saturated heterocycles. The van der Waals surface area contributed by atoms with Crippen molar-refractivity contribution in [3.05, 3.63) is 37.7 Å². The Morgan fingerprint density at radius 3 is 2.68 bits per heavy atom. The number of carbonyl (C=O) groups is 2. The van der Waals surface area contributed by atoms with Crippen molar-refractivity contribution in [1.82, 2.24) is 14.8 Å². The molecular formula is C9H9ClN4O4S. The molecule has 8 nitrogen and oxygen atoms in total. The Morgan fingerprint density at radius 2 is 2.26 bits per heavy atom. The summed E-state index contributed by atoms with van der Waals surface area (Å²) in [7, 11) is 1.30. The van der Waals surface area contributed by atoms with Crippen molar-refractivity contribution in [3.63, 3.8) is 0 Å². The summed E-state index contributed by atoms with van der Waals surface area (Å²) in [6.07, 6.45) is 2.79. The second-order valence-corrected chi connectivity index (χ2v) is 5.00. The Labute approximate surface area is 117 Å². The largest absolute Gasteiger partial charge is 0.299 e. The third kappa shape index (κ3) is 4.30. The summed E-state index contributed by atoms with van der Waals surface area (Å²) < 4.78 is 0.296. The number of hydrogen-bond donors (Lipinski definition) is 0. The van der Waals surface area contributed by atoms with Crippen molar-refractivity contribution in [1.29, 1.82) is 0 Å². The monoisotopic (exact) mass is 304 g/mol. The topological polar surface area (TPSA) is 96.6 Å². The smallest absolute Gasteiger partial charge is 0.275 e. The molecule has 102 valence electrons. The highest BCUT2D eigenvalue weighted by atomic mass is 35.5. The highest BCUT2D eigenvalue weighted by Crippen LogP contribution is 2.20. The molecule has 0 aliphatic rings. The fraction of sp³-hybridized carbons (Fsp3) is 0.222. The molecule has 1 aromatic heterocycles. The number of halogens is 1. The first-order chi connectivity index (χ1) is 8.97. The third-order valence-corrected chi connectivity index (χ3v) is 3.11. The lowest BCUT2D eigenvalue weighted by atomic mass is 10.4. The average molecular weight is 305 g/mol. The van der Waals surface area contributed by atoms with Crippen LogP contribution in [0.1, 0.15) is 4.88 Å². The van der Waals surface area contributed by atoms with Crippen LogP contribution >= 0.6 is 22.9 Å². The van der Waals surface area contributed by atoms with Crippen LogP contribution in [0.2, 0.25) is 4.47 Å². The number of nitro groups is 1. The SMILES string of the molecule is CN(C=O)C(=C[N+](=O)[O-])N(C=O)Cc1cnc(Cl)s1. The molecule has 0 saturated carbocycles. The molecule has 1 rings (SSSR count). The Hall–Kier alpha value is -2.00. The maximum atomic E-state index is 11.0. The summed E-state index contributed by atoms with van der Waals surface area (Å²) in [5, 5.41) is 10.5. The van der Waals surface area contributed by atoms with Crippen LogP contribution in [0.15, 0.2) is 18.2 Å². The highest BCUT2D eigenvalue weighted by molar-refractivity contribution is 7.15. The predicted octanol–water partition coefficient (Wildman–Crippen LogP) is 0.919. The zero-order valence-electron chi connectivity index (χ0n) is 9.72. The van der Waals surface area contributed by atoms with Gasteiger partial charge in [-0.25, -0.2) is 4.98 Å². The normalized spacial score (nSPS) is 10.9. The second kappa shape index (κ2) is 6.81. The van der Waals surface area contributed by atoms with Crippen molar-refractivity contribution in [2.75, 3.05) is 7.05 Å². The minimum absolute atomic E-state index is 0.0335. The van der Waals surface area contributed by atoms with Crippen molar-refractivity contribution in [2.45, 2.75) is 6.54 Å². The molecule has 0 aliphatic heterocycles. The Kier molecular flexibility index (Phi) is 5.39. The van der Waals surface area contributed by atoms with E-state index in [1.807, 2.05) is 0 Å². The number of rotatable bonds is 7. The summed E-state index contributed by atoms with van der Waals surface area (Å²) in [6.45, 7) is 0.0335. The van der Waals surface area contributed by atoms with E-state index in [1.165, 1.54) is 13.2 Å². The van der Waals surface area contributed by atoms with Crippen molar-refractivity contribution >= 4 is 35.8 Å². The average Bonchev–Trinajstić information content (AvgIpc) is 2.77. The van der Waals surface area contributed by atoms with Gasteiger partial charge in [-0.3, -0.25) is 29.5 Å². The van der Waals surface area contributed by atoms with Crippen LogP contribution < -0.4 is 0 Å². The lowest BCUT2D eigenvalue weighted by molar-refractivity contribution is -0.405. The van der Waals surface area contributed by atoms with E-state index in [0.29, 0.717) is 28.4 Å². The molecule has 0 aliphatic carbocycles. The van der Waals surface area contributed by atoms with Crippen molar-refractivity contribution in [2.24, 2.45) is 0 Å². The molecule has 1 heterocycles. The molecule has 1 aromatic rings. The van der Waals surface area contributed by atoms with Gasteiger partial charge in [-0.1, -0.05) is 11.6 Å². The van der Waals surface area contributed by atoms with Gasteiger partial charge >= 0.3 is 0 Å². The van der Waals surface area contributed by atoms with E-state index in [2.05, 4.69) is 4.98 Å². The van der Waals surface area contributed by atoms with Gasteiger partial charge in [0.1, 0.15) is 0 Å². The molecule has 0 bridgehead atoms. The van der Waals surface area contributed by atoms with Gasteiger partial charge < -0.3 is 0 Å². The van der Waals surface area contributed by atoms with E-state index >= 15 is 0 Å². The molecule has 0 fully saturated rings. The van der Waals surface area contributed by atoms with Gasteiger partial charge in [-0.2, -0.15) is 0 Å². The lowest BCUT2D eigenvalue weighted by Crippen LogP contribution is -2.31. The van der Waals surface area contributed by atoms with Crippen LogP contribution in [-0.4, -0.2) is 39.6 Å². The minimum atomic E-state index is -0.745. The van der Waals surface area contributed by atoms with Crippen LogP contribution in [0, 0.1) is 10.1 Å². The van der Waals surface area contributed by atoms with E-state index in [0.717, 1.165) is 21.1 Å². The van der Waals surface area contributed by atoms with Gasteiger partial charge in [0.25, 0.3) is 6.20 Å². The molecule has 0 unspecified atom stereocenters. The number of aromatic nitrogens is 1. The summed E-state index contributed by atoms with van der Waals surface area (Å²) >= 11 is 6.79. The predicted molar refractivity (Wildman–Crippen MR) is 67.6 cm³/mol. The molecule has 2 amide bonds. The number of carbonyl (C=O) groups excluding carboxylic acids is 2. The van der Waals surface area contributed by atoms with E-state index < -0.39 is 4.92 Å². The van der Waals surface area contributed by atoms with Gasteiger partial charge in [0.15, 0.2) is 10.3 Å². The molecular weight excluding hydrogens is 296 g/mol. The molecule has 0 aromatic carbocycles. The van der Waals surface area contributed by atoms with Crippen LogP contribution in [0.3, 0.4) is 0 Å². The zero-order valence-corrected chi connectivity index (χ0v) is 11.3. The summed E-state index contributed by atoms with van der Waals surface area (Å²) in [6, 6.07) is 0. The third-order valence-electron chi connectivity index (χ3n) is 2.01. The molecule has 0 atom stereocenters. The molecule has 0 N–H and O–H groups in total.